The van der Waals surface area contributed by atoms with Crippen LogP contribution >= 0.6 is 0 Å². The van der Waals surface area contributed by atoms with E-state index in [0.29, 0.717) is 6.54 Å². The maximum absolute atomic E-state index is 12.6. The maximum Gasteiger partial charge on any atom is 0.237 e. The summed E-state index contributed by atoms with van der Waals surface area (Å²) in [4.78, 5) is 19.2. The van der Waals surface area contributed by atoms with Crippen LogP contribution in [0.5, 0.6) is 0 Å². The lowest BCUT2D eigenvalue weighted by molar-refractivity contribution is -0.127. The van der Waals surface area contributed by atoms with Gasteiger partial charge in [0.15, 0.2) is 0 Å². The molecule has 3 rings (SSSR count). The Balaban J connectivity index is 1.74. The van der Waals surface area contributed by atoms with Crippen molar-refractivity contribution in [2.75, 3.05) is 6.54 Å². The van der Waals surface area contributed by atoms with Crippen molar-refractivity contribution in [2.45, 2.75) is 51.7 Å². The van der Waals surface area contributed by atoms with Crippen molar-refractivity contribution in [1.82, 2.24) is 25.0 Å². The van der Waals surface area contributed by atoms with E-state index in [0.717, 1.165) is 30.9 Å². The molecule has 6 nitrogen and oxygen atoms in total. The molecule has 1 N–H and O–H groups in total. The van der Waals surface area contributed by atoms with E-state index in [1.807, 2.05) is 55.8 Å². The highest BCUT2D eigenvalue weighted by Crippen LogP contribution is 2.21. The second-order valence-electron chi connectivity index (χ2n) is 7.29. The SMILES string of the molecule is CC(C)(C)NC(=O)C1CCCN1Cc1ncnn1-c1ccccc1. The van der Waals surface area contributed by atoms with Gasteiger partial charge in [-0.3, -0.25) is 9.69 Å². The first-order chi connectivity index (χ1) is 11.4. The number of nitrogens with zero attached hydrogens (tertiary/aromatic N) is 4. The van der Waals surface area contributed by atoms with Crippen LogP contribution in [-0.4, -0.2) is 43.7 Å². The Morgan fingerprint density at radius 1 is 1.29 bits per heavy atom. The largest absolute Gasteiger partial charge is 0.350 e. The van der Waals surface area contributed by atoms with Crippen LogP contribution in [-0.2, 0) is 11.3 Å². The highest BCUT2D eigenvalue weighted by atomic mass is 16.2. The summed E-state index contributed by atoms with van der Waals surface area (Å²) in [5, 5.41) is 7.43. The van der Waals surface area contributed by atoms with E-state index in [1.54, 1.807) is 6.33 Å². The zero-order valence-electron chi connectivity index (χ0n) is 14.6. The number of para-hydroxylation sites is 1. The number of carbonyl (C=O) groups is 1. The number of nitrogens with one attached hydrogen (secondary N) is 1. The standard InChI is InChI=1S/C18H25N5O/c1-18(2,3)21-17(24)15-10-7-11-22(15)12-16-19-13-20-23(16)14-8-5-4-6-9-14/h4-6,8-9,13,15H,7,10-12H2,1-3H3,(H,21,24). The monoisotopic (exact) mass is 327 g/mol. The van der Waals surface area contributed by atoms with E-state index in [4.69, 9.17) is 0 Å². The van der Waals surface area contributed by atoms with E-state index in [-0.39, 0.29) is 17.5 Å². The Kier molecular flexibility index (Phi) is 4.66. The Hall–Kier alpha value is -2.21. The van der Waals surface area contributed by atoms with Gasteiger partial charge in [-0.15, -0.1) is 0 Å². The summed E-state index contributed by atoms with van der Waals surface area (Å²) in [5.41, 5.74) is 0.773. The van der Waals surface area contributed by atoms with E-state index >= 15 is 0 Å². The Bertz CT molecular complexity index is 689. The second kappa shape index (κ2) is 6.73. The summed E-state index contributed by atoms with van der Waals surface area (Å²) in [6, 6.07) is 9.86. The van der Waals surface area contributed by atoms with Crippen LogP contribution in [0.1, 0.15) is 39.4 Å². The molecule has 1 fully saturated rings. The number of amides is 1. The molecule has 1 saturated heterocycles. The van der Waals surface area contributed by atoms with Crippen LogP contribution in [0, 0.1) is 0 Å². The van der Waals surface area contributed by atoms with E-state index in [2.05, 4.69) is 20.3 Å². The molecule has 0 bridgehead atoms. The third-order valence-electron chi connectivity index (χ3n) is 4.13. The molecule has 1 unspecified atom stereocenters. The Labute approximate surface area is 142 Å². The quantitative estimate of drug-likeness (QED) is 0.934. The molecule has 1 aromatic carbocycles. The minimum atomic E-state index is -0.213. The van der Waals surface area contributed by atoms with Gasteiger partial charge in [0.1, 0.15) is 12.2 Å². The number of hydrogen-bond donors (Lipinski definition) is 1. The lowest BCUT2D eigenvalue weighted by Gasteiger charge is -2.28. The number of carbonyl (C=O) groups excluding carboxylic acids is 1. The Morgan fingerprint density at radius 2 is 2.04 bits per heavy atom. The normalized spacial score (nSPS) is 18.7. The van der Waals surface area contributed by atoms with Gasteiger partial charge in [0.05, 0.1) is 18.3 Å². The molecule has 0 saturated carbocycles. The number of benzene rings is 1. The topological polar surface area (TPSA) is 63.1 Å². The highest BCUT2D eigenvalue weighted by Gasteiger charge is 2.33. The first-order valence-corrected chi connectivity index (χ1v) is 8.44. The molecule has 0 spiro atoms. The van der Waals surface area contributed by atoms with Crippen molar-refractivity contribution in [3.05, 3.63) is 42.5 Å². The van der Waals surface area contributed by atoms with E-state index in [1.165, 1.54) is 0 Å². The number of hydrogen-bond acceptors (Lipinski definition) is 4. The van der Waals surface area contributed by atoms with Crippen LogP contribution in [0.25, 0.3) is 5.69 Å². The van der Waals surface area contributed by atoms with Crippen molar-refractivity contribution in [2.24, 2.45) is 0 Å². The fourth-order valence-corrected chi connectivity index (χ4v) is 3.10. The average Bonchev–Trinajstić information content (AvgIpc) is 3.16. The molecule has 6 heteroatoms. The lowest BCUT2D eigenvalue weighted by Crippen LogP contribution is -2.49. The summed E-state index contributed by atoms with van der Waals surface area (Å²) >= 11 is 0. The van der Waals surface area contributed by atoms with Gasteiger partial charge in [-0.1, -0.05) is 18.2 Å². The number of rotatable bonds is 4. The van der Waals surface area contributed by atoms with Gasteiger partial charge in [0.2, 0.25) is 5.91 Å². The molecule has 1 amide bonds. The van der Waals surface area contributed by atoms with Gasteiger partial charge in [-0.05, 0) is 52.3 Å². The maximum atomic E-state index is 12.6. The molecular weight excluding hydrogens is 302 g/mol. The van der Waals surface area contributed by atoms with Crippen LogP contribution in [0.4, 0.5) is 0 Å². The van der Waals surface area contributed by atoms with E-state index < -0.39 is 0 Å². The van der Waals surface area contributed by atoms with Crippen molar-refractivity contribution in [3.8, 4) is 5.69 Å². The van der Waals surface area contributed by atoms with E-state index in [9.17, 15) is 4.79 Å². The van der Waals surface area contributed by atoms with Gasteiger partial charge in [-0.25, -0.2) is 9.67 Å². The smallest absolute Gasteiger partial charge is 0.237 e. The highest BCUT2D eigenvalue weighted by molar-refractivity contribution is 5.82. The molecule has 1 atom stereocenters. The minimum Gasteiger partial charge on any atom is -0.350 e. The molecular formula is C18H25N5O. The first kappa shape index (κ1) is 16.6. The average molecular weight is 327 g/mol. The Morgan fingerprint density at radius 3 is 2.75 bits per heavy atom. The fourth-order valence-electron chi connectivity index (χ4n) is 3.10. The summed E-state index contributed by atoms with van der Waals surface area (Å²) in [6.45, 7) is 7.56. The van der Waals surface area contributed by atoms with Gasteiger partial charge in [0.25, 0.3) is 0 Å². The molecule has 1 aliphatic heterocycles. The summed E-state index contributed by atoms with van der Waals surface area (Å²) in [7, 11) is 0. The summed E-state index contributed by atoms with van der Waals surface area (Å²) < 4.78 is 1.84. The summed E-state index contributed by atoms with van der Waals surface area (Å²) in [5.74, 6) is 0.961. The van der Waals surface area contributed by atoms with Crippen LogP contribution in [0.15, 0.2) is 36.7 Å². The van der Waals surface area contributed by atoms with Gasteiger partial charge < -0.3 is 5.32 Å². The molecule has 0 aliphatic carbocycles. The number of aromatic nitrogens is 3. The lowest BCUT2D eigenvalue weighted by atomic mass is 10.1. The van der Waals surface area contributed by atoms with Crippen molar-refractivity contribution >= 4 is 5.91 Å². The zero-order valence-corrected chi connectivity index (χ0v) is 14.6. The zero-order chi connectivity index (χ0) is 17.2. The van der Waals surface area contributed by atoms with Gasteiger partial charge >= 0.3 is 0 Å². The van der Waals surface area contributed by atoms with Crippen LogP contribution in [0.3, 0.4) is 0 Å². The van der Waals surface area contributed by atoms with Gasteiger partial charge in [-0.2, -0.15) is 5.10 Å². The molecule has 1 aliphatic rings. The third-order valence-corrected chi connectivity index (χ3v) is 4.13. The third kappa shape index (κ3) is 3.82. The van der Waals surface area contributed by atoms with Crippen LogP contribution < -0.4 is 5.32 Å². The molecule has 2 aromatic rings. The van der Waals surface area contributed by atoms with Gasteiger partial charge in [0, 0.05) is 5.54 Å². The molecule has 0 radical (unpaired) electrons. The molecule has 24 heavy (non-hydrogen) atoms. The van der Waals surface area contributed by atoms with Crippen molar-refractivity contribution in [3.63, 3.8) is 0 Å². The fraction of sp³-hybridized carbons (Fsp3) is 0.500. The molecule has 128 valence electrons. The number of likely N-dealkylation sites (tertiary alicyclic amines) is 1. The van der Waals surface area contributed by atoms with Crippen molar-refractivity contribution < 1.29 is 4.79 Å². The minimum absolute atomic E-state index is 0.0925. The molecule has 2 heterocycles. The van der Waals surface area contributed by atoms with Crippen molar-refractivity contribution in [1.29, 1.82) is 0 Å². The molecule has 1 aromatic heterocycles. The predicted molar refractivity (Wildman–Crippen MR) is 92.7 cm³/mol. The summed E-state index contributed by atoms with van der Waals surface area (Å²) in [6.07, 6.45) is 3.49. The second-order valence-corrected chi connectivity index (χ2v) is 7.29. The first-order valence-electron chi connectivity index (χ1n) is 8.44. The van der Waals surface area contributed by atoms with Crippen LogP contribution in [0.2, 0.25) is 0 Å². The predicted octanol–water partition coefficient (Wildman–Crippen LogP) is 2.15.